The van der Waals surface area contributed by atoms with E-state index in [2.05, 4.69) is 59.9 Å². The number of para-hydroxylation sites is 1. The normalized spacial score (nSPS) is 13.3. The summed E-state index contributed by atoms with van der Waals surface area (Å²) in [7, 11) is 0. The average molecular weight is 288 g/mol. The van der Waals surface area contributed by atoms with Crippen LogP contribution in [0, 0.1) is 0 Å². The smallest absolute Gasteiger partial charge is 0.0726 e. The number of rotatable bonds is 4. The highest BCUT2D eigenvalue weighted by Gasteiger charge is 2.19. The number of nitrogens with one attached hydrogen (secondary N) is 1. The first kappa shape index (κ1) is 13.3. The van der Waals surface area contributed by atoms with Crippen LogP contribution in [0.25, 0.3) is 10.9 Å². The molecule has 0 saturated heterocycles. The second kappa shape index (κ2) is 5.80. The Labute approximate surface area is 131 Å². The molecule has 0 amide bonds. The molecule has 0 fully saturated rings. The molecular weight excluding hydrogens is 268 g/mol. The summed E-state index contributed by atoms with van der Waals surface area (Å²) < 4.78 is 0. The zero-order chi connectivity index (χ0) is 14.8. The van der Waals surface area contributed by atoms with Gasteiger partial charge in [0, 0.05) is 23.3 Å². The molecule has 22 heavy (non-hydrogen) atoms. The summed E-state index contributed by atoms with van der Waals surface area (Å²) in [6.07, 6.45) is 4.55. The Bertz CT molecular complexity index is 793. The van der Waals surface area contributed by atoms with E-state index in [1.807, 2.05) is 0 Å². The van der Waals surface area contributed by atoms with Crippen molar-refractivity contribution < 1.29 is 0 Å². The van der Waals surface area contributed by atoms with Crippen molar-refractivity contribution in [2.24, 2.45) is 0 Å². The Hall–Kier alpha value is -2.35. The van der Waals surface area contributed by atoms with Crippen LogP contribution in [0.1, 0.15) is 23.2 Å². The summed E-state index contributed by atoms with van der Waals surface area (Å²) in [5.41, 5.74) is 6.54. The molecule has 0 atom stereocenters. The first-order valence-electron chi connectivity index (χ1n) is 8.10. The van der Waals surface area contributed by atoms with Gasteiger partial charge in [-0.15, -0.1) is 0 Å². The molecule has 110 valence electrons. The standard InChI is InChI=1S/C20H20N2/c1-2-7-15(8-3-1)13-14-21-20-16-9-4-5-11-18(16)22-19-12-6-10-17(19)20/h1-5,7-9,11H,6,10,12-14H2,(H,21,22). The second-order valence-electron chi connectivity index (χ2n) is 5.95. The van der Waals surface area contributed by atoms with Gasteiger partial charge in [-0.05, 0) is 42.9 Å². The predicted molar refractivity (Wildman–Crippen MR) is 92.4 cm³/mol. The maximum atomic E-state index is 4.84. The van der Waals surface area contributed by atoms with E-state index in [1.165, 1.54) is 34.3 Å². The van der Waals surface area contributed by atoms with Gasteiger partial charge in [0.2, 0.25) is 0 Å². The van der Waals surface area contributed by atoms with Crippen LogP contribution in [0.4, 0.5) is 5.69 Å². The number of pyridine rings is 1. The van der Waals surface area contributed by atoms with Crippen LogP contribution in [-0.2, 0) is 19.3 Å². The van der Waals surface area contributed by atoms with Crippen LogP contribution in [0.2, 0.25) is 0 Å². The van der Waals surface area contributed by atoms with E-state index in [-0.39, 0.29) is 0 Å². The third kappa shape index (κ3) is 2.45. The lowest BCUT2D eigenvalue weighted by Gasteiger charge is -2.14. The van der Waals surface area contributed by atoms with Gasteiger partial charge in [0.1, 0.15) is 0 Å². The third-order valence-corrected chi connectivity index (χ3v) is 4.48. The van der Waals surface area contributed by atoms with Gasteiger partial charge in [0.05, 0.1) is 5.52 Å². The molecule has 1 aliphatic carbocycles. The van der Waals surface area contributed by atoms with Gasteiger partial charge >= 0.3 is 0 Å². The Kier molecular flexibility index (Phi) is 3.51. The molecule has 2 heteroatoms. The fourth-order valence-corrected chi connectivity index (χ4v) is 3.39. The third-order valence-electron chi connectivity index (χ3n) is 4.48. The summed E-state index contributed by atoms with van der Waals surface area (Å²) in [6.45, 7) is 0.963. The Balaban J connectivity index is 1.63. The van der Waals surface area contributed by atoms with E-state index < -0.39 is 0 Å². The monoisotopic (exact) mass is 288 g/mol. The molecule has 0 aliphatic heterocycles. The molecule has 2 nitrogen and oxygen atoms in total. The zero-order valence-corrected chi connectivity index (χ0v) is 12.7. The van der Waals surface area contributed by atoms with Crippen molar-refractivity contribution in [2.45, 2.75) is 25.7 Å². The van der Waals surface area contributed by atoms with E-state index >= 15 is 0 Å². The van der Waals surface area contributed by atoms with E-state index in [4.69, 9.17) is 4.98 Å². The van der Waals surface area contributed by atoms with Crippen LogP contribution in [0.15, 0.2) is 54.6 Å². The fourth-order valence-electron chi connectivity index (χ4n) is 3.39. The minimum Gasteiger partial charge on any atom is -0.384 e. The number of nitrogens with zero attached hydrogens (tertiary/aromatic N) is 1. The van der Waals surface area contributed by atoms with Crippen molar-refractivity contribution in [1.82, 2.24) is 4.98 Å². The van der Waals surface area contributed by atoms with Gasteiger partial charge in [-0.25, -0.2) is 0 Å². The van der Waals surface area contributed by atoms with Gasteiger partial charge in [0.15, 0.2) is 0 Å². The molecule has 0 bridgehead atoms. The van der Waals surface area contributed by atoms with Gasteiger partial charge in [-0.1, -0.05) is 48.5 Å². The number of aryl methyl sites for hydroxylation is 1. The summed E-state index contributed by atoms with van der Waals surface area (Å²) >= 11 is 0. The molecule has 1 heterocycles. The topological polar surface area (TPSA) is 24.9 Å². The molecule has 1 aliphatic rings. The van der Waals surface area contributed by atoms with Gasteiger partial charge in [-0.3, -0.25) is 4.98 Å². The molecule has 0 radical (unpaired) electrons. The highest BCUT2D eigenvalue weighted by atomic mass is 14.9. The molecule has 4 rings (SSSR count). The van der Waals surface area contributed by atoms with E-state index in [1.54, 1.807) is 0 Å². The minimum atomic E-state index is 0.963. The maximum absolute atomic E-state index is 4.84. The average Bonchev–Trinajstić information content (AvgIpc) is 3.03. The summed E-state index contributed by atoms with van der Waals surface area (Å²) in [4.78, 5) is 4.84. The van der Waals surface area contributed by atoms with Crippen molar-refractivity contribution in [3.05, 3.63) is 71.4 Å². The summed E-state index contributed by atoms with van der Waals surface area (Å²) in [5, 5.41) is 4.96. The maximum Gasteiger partial charge on any atom is 0.0726 e. The van der Waals surface area contributed by atoms with E-state index in [0.717, 1.165) is 31.3 Å². The number of hydrogen-bond acceptors (Lipinski definition) is 2. The van der Waals surface area contributed by atoms with Crippen LogP contribution in [0.3, 0.4) is 0 Å². The number of anilines is 1. The van der Waals surface area contributed by atoms with Gasteiger partial charge < -0.3 is 5.32 Å². The van der Waals surface area contributed by atoms with Gasteiger partial charge in [0.25, 0.3) is 0 Å². The highest BCUT2D eigenvalue weighted by Crippen LogP contribution is 2.33. The van der Waals surface area contributed by atoms with Crippen LogP contribution < -0.4 is 5.32 Å². The van der Waals surface area contributed by atoms with E-state index in [0.29, 0.717) is 0 Å². The summed E-state index contributed by atoms with van der Waals surface area (Å²) in [6, 6.07) is 19.2. The van der Waals surface area contributed by atoms with Crippen LogP contribution in [0.5, 0.6) is 0 Å². The SMILES string of the molecule is c1ccc(CCNc2c3c(nc4ccccc24)CCC3)cc1. The molecule has 0 unspecified atom stereocenters. The van der Waals surface area contributed by atoms with Crippen molar-refractivity contribution in [2.75, 3.05) is 11.9 Å². The predicted octanol–water partition coefficient (Wildman–Crippen LogP) is 4.38. The lowest BCUT2D eigenvalue weighted by atomic mass is 10.1. The van der Waals surface area contributed by atoms with Crippen LogP contribution >= 0.6 is 0 Å². The van der Waals surface area contributed by atoms with E-state index in [9.17, 15) is 0 Å². The van der Waals surface area contributed by atoms with Crippen molar-refractivity contribution in [1.29, 1.82) is 0 Å². The molecule has 1 aromatic heterocycles. The number of hydrogen-bond donors (Lipinski definition) is 1. The molecule has 3 aromatic rings. The first-order valence-corrected chi connectivity index (χ1v) is 8.10. The molecule has 0 spiro atoms. The number of fused-ring (bicyclic) bond motifs is 2. The summed E-state index contributed by atoms with van der Waals surface area (Å²) in [5.74, 6) is 0. The van der Waals surface area contributed by atoms with Gasteiger partial charge in [-0.2, -0.15) is 0 Å². The fraction of sp³-hybridized carbons (Fsp3) is 0.250. The Morgan fingerprint density at radius 3 is 2.64 bits per heavy atom. The lowest BCUT2D eigenvalue weighted by molar-refractivity contribution is 0.900. The highest BCUT2D eigenvalue weighted by molar-refractivity contribution is 5.93. The van der Waals surface area contributed by atoms with Crippen molar-refractivity contribution in [3.8, 4) is 0 Å². The van der Waals surface area contributed by atoms with Crippen LogP contribution in [-0.4, -0.2) is 11.5 Å². The number of aromatic nitrogens is 1. The largest absolute Gasteiger partial charge is 0.384 e. The first-order chi connectivity index (χ1) is 10.9. The quantitative estimate of drug-likeness (QED) is 0.770. The Morgan fingerprint density at radius 1 is 0.909 bits per heavy atom. The van der Waals surface area contributed by atoms with Crippen molar-refractivity contribution >= 4 is 16.6 Å². The molecular formula is C20H20N2. The lowest BCUT2D eigenvalue weighted by Crippen LogP contribution is -2.08. The second-order valence-corrected chi connectivity index (χ2v) is 5.95. The zero-order valence-electron chi connectivity index (χ0n) is 12.7. The molecule has 2 aromatic carbocycles. The minimum absolute atomic E-state index is 0.963. The molecule has 1 N–H and O–H groups in total. The number of benzene rings is 2. The van der Waals surface area contributed by atoms with Crippen molar-refractivity contribution in [3.63, 3.8) is 0 Å². The Morgan fingerprint density at radius 2 is 1.73 bits per heavy atom. The molecule has 0 saturated carbocycles.